The summed E-state index contributed by atoms with van der Waals surface area (Å²) in [5.74, 6) is 2.70. The molecule has 3 aromatic heterocycles. The minimum atomic E-state index is -0.0695. The zero-order chi connectivity index (χ0) is 21.5. The number of amides is 1. The van der Waals surface area contributed by atoms with Crippen LogP contribution in [0.1, 0.15) is 27.8 Å². The van der Waals surface area contributed by atoms with E-state index in [1.165, 1.54) is 0 Å². The normalized spacial score (nSPS) is 14.4. The van der Waals surface area contributed by atoms with Gasteiger partial charge in [0.05, 0.1) is 5.69 Å². The van der Waals surface area contributed by atoms with Crippen LogP contribution < -0.4 is 4.90 Å². The average molecular weight is 416 g/mol. The summed E-state index contributed by atoms with van der Waals surface area (Å²) in [6.07, 6.45) is 1.79. The van der Waals surface area contributed by atoms with E-state index in [0.717, 1.165) is 34.0 Å². The molecule has 0 radical (unpaired) electrons. The Hall–Kier alpha value is -3.68. The van der Waals surface area contributed by atoms with Crippen molar-refractivity contribution in [3.63, 3.8) is 0 Å². The second-order valence-corrected chi connectivity index (χ2v) is 7.84. The third-order valence-corrected chi connectivity index (χ3v) is 5.84. The van der Waals surface area contributed by atoms with Crippen molar-refractivity contribution in [3.05, 3.63) is 65.7 Å². The van der Waals surface area contributed by atoms with Gasteiger partial charge in [0.25, 0.3) is 5.91 Å². The Morgan fingerprint density at radius 2 is 1.71 bits per heavy atom. The number of para-hydroxylation sites is 1. The van der Waals surface area contributed by atoms with E-state index in [2.05, 4.69) is 19.9 Å². The number of piperazine rings is 1. The molecule has 4 aromatic rings. The van der Waals surface area contributed by atoms with E-state index in [4.69, 9.17) is 4.42 Å². The molecule has 1 saturated heterocycles. The monoisotopic (exact) mass is 416 g/mol. The molecule has 1 aliphatic heterocycles. The van der Waals surface area contributed by atoms with Gasteiger partial charge < -0.3 is 14.2 Å². The summed E-state index contributed by atoms with van der Waals surface area (Å²) in [5.41, 5.74) is 2.78. The summed E-state index contributed by atoms with van der Waals surface area (Å²) in [7, 11) is 0. The van der Waals surface area contributed by atoms with Crippen LogP contribution in [0.25, 0.3) is 16.8 Å². The van der Waals surface area contributed by atoms with Gasteiger partial charge in [0.2, 0.25) is 0 Å². The highest BCUT2D eigenvalue weighted by Gasteiger charge is 2.25. The molecule has 158 valence electrons. The third kappa shape index (κ3) is 3.54. The van der Waals surface area contributed by atoms with Gasteiger partial charge in [0.1, 0.15) is 29.4 Å². The molecular formula is C23H24N6O2. The number of aryl methyl sites for hydroxylation is 2. The highest BCUT2D eigenvalue weighted by molar-refractivity contribution is 5.96. The summed E-state index contributed by atoms with van der Waals surface area (Å²) >= 11 is 0. The first-order valence-electron chi connectivity index (χ1n) is 10.4. The summed E-state index contributed by atoms with van der Waals surface area (Å²) < 4.78 is 7.74. The molecule has 0 bridgehead atoms. The quantitative estimate of drug-likeness (QED) is 0.510. The number of furan rings is 1. The first-order chi connectivity index (χ1) is 15.0. The molecule has 1 aliphatic rings. The molecule has 5 rings (SSSR count). The van der Waals surface area contributed by atoms with Gasteiger partial charge in [-0.1, -0.05) is 18.2 Å². The van der Waals surface area contributed by atoms with Gasteiger partial charge in [-0.15, -0.1) is 0 Å². The molecule has 0 spiro atoms. The number of benzene rings is 1. The van der Waals surface area contributed by atoms with Crippen LogP contribution in [-0.4, -0.2) is 56.5 Å². The number of nitrogens with zero attached hydrogens (tertiary/aromatic N) is 6. The van der Waals surface area contributed by atoms with Crippen molar-refractivity contribution in [1.29, 1.82) is 0 Å². The molecule has 1 amide bonds. The highest BCUT2D eigenvalue weighted by Crippen LogP contribution is 2.22. The fourth-order valence-electron chi connectivity index (χ4n) is 3.93. The van der Waals surface area contributed by atoms with Crippen LogP contribution in [0.15, 0.2) is 47.1 Å². The summed E-state index contributed by atoms with van der Waals surface area (Å²) in [6, 6.07) is 11.5. The predicted molar refractivity (Wildman–Crippen MR) is 118 cm³/mol. The van der Waals surface area contributed by atoms with Gasteiger partial charge in [-0.2, -0.15) is 0 Å². The number of aromatic nitrogens is 4. The Labute approximate surface area is 180 Å². The molecule has 4 heterocycles. The van der Waals surface area contributed by atoms with Gasteiger partial charge in [-0.3, -0.25) is 9.36 Å². The molecule has 0 aliphatic carbocycles. The number of rotatable bonds is 3. The van der Waals surface area contributed by atoms with E-state index < -0.39 is 0 Å². The maximum Gasteiger partial charge on any atom is 0.289 e. The fourth-order valence-corrected chi connectivity index (χ4v) is 3.93. The lowest BCUT2D eigenvalue weighted by Gasteiger charge is -2.35. The van der Waals surface area contributed by atoms with Crippen molar-refractivity contribution < 1.29 is 9.21 Å². The average Bonchev–Trinajstić information content (AvgIpc) is 3.36. The molecule has 0 atom stereocenters. The van der Waals surface area contributed by atoms with E-state index in [0.29, 0.717) is 37.8 Å². The van der Waals surface area contributed by atoms with Gasteiger partial charge in [-0.25, -0.2) is 15.0 Å². The van der Waals surface area contributed by atoms with Crippen LogP contribution in [0.4, 0.5) is 5.82 Å². The number of anilines is 1. The minimum Gasteiger partial charge on any atom is -0.451 e. The van der Waals surface area contributed by atoms with E-state index in [1.54, 1.807) is 6.33 Å². The van der Waals surface area contributed by atoms with Crippen molar-refractivity contribution in [2.75, 3.05) is 31.1 Å². The van der Waals surface area contributed by atoms with Gasteiger partial charge in [-0.05, 0) is 32.9 Å². The Morgan fingerprint density at radius 3 is 2.42 bits per heavy atom. The molecule has 0 unspecified atom stereocenters. The van der Waals surface area contributed by atoms with Crippen LogP contribution in [0.5, 0.6) is 0 Å². The number of carbonyl (C=O) groups is 1. The lowest BCUT2D eigenvalue weighted by molar-refractivity contribution is 0.0717. The van der Waals surface area contributed by atoms with Gasteiger partial charge >= 0.3 is 0 Å². The molecular weight excluding hydrogens is 392 g/mol. The predicted octanol–water partition coefficient (Wildman–Crippen LogP) is 3.30. The molecule has 0 N–H and O–H groups in total. The molecule has 1 fully saturated rings. The first kappa shape index (κ1) is 19.3. The molecule has 0 saturated carbocycles. The molecule has 8 nitrogen and oxygen atoms in total. The second kappa shape index (κ2) is 7.54. The summed E-state index contributed by atoms with van der Waals surface area (Å²) in [6.45, 7) is 8.52. The number of imidazole rings is 1. The smallest absolute Gasteiger partial charge is 0.289 e. The SMILES string of the molecule is Cc1nc(N2CCN(C(=O)c3cc4ccccc4o3)CC2)cc(-n2cnc(C)c2C)n1. The van der Waals surface area contributed by atoms with Crippen LogP contribution in [-0.2, 0) is 0 Å². The largest absolute Gasteiger partial charge is 0.451 e. The number of hydrogen-bond acceptors (Lipinski definition) is 6. The number of carbonyl (C=O) groups excluding carboxylic acids is 1. The van der Waals surface area contributed by atoms with Crippen molar-refractivity contribution in [2.45, 2.75) is 20.8 Å². The standard InChI is InChI=1S/C23H24N6O2/c1-15-16(2)29(14-24-15)22-13-21(25-17(3)26-22)27-8-10-28(11-9-27)23(30)20-12-18-6-4-5-7-19(18)31-20/h4-7,12-14H,8-11H2,1-3H3. The lowest BCUT2D eigenvalue weighted by atomic mass is 10.2. The van der Waals surface area contributed by atoms with Crippen LogP contribution >= 0.6 is 0 Å². The zero-order valence-corrected chi connectivity index (χ0v) is 17.9. The van der Waals surface area contributed by atoms with Crippen molar-refractivity contribution >= 4 is 22.7 Å². The van der Waals surface area contributed by atoms with Gasteiger partial charge in [0.15, 0.2) is 5.76 Å². The van der Waals surface area contributed by atoms with Crippen LogP contribution in [0.3, 0.4) is 0 Å². The Balaban J connectivity index is 1.32. The van der Waals surface area contributed by atoms with E-state index >= 15 is 0 Å². The van der Waals surface area contributed by atoms with E-state index in [1.807, 2.05) is 66.6 Å². The first-order valence-corrected chi connectivity index (χ1v) is 10.4. The maximum absolute atomic E-state index is 12.9. The van der Waals surface area contributed by atoms with Crippen LogP contribution in [0, 0.1) is 20.8 Å². The minimum absolute atomic E-state index is 0.0695. The number of hydrogen-bond donors (Lipinski definition) is 0. The zero-order valence-electron chi connectivity index (χ0n) is 17.9. The van der Waals surface area contributed by atoms with E-state index in [-0.39, 0.29) is 5.91 Å². The Kier molecular flexibility index (Phi) is 4.69. The van der Waals surface area contributed by atoms with Crippen molar-refractivity contribution in [3.8, 4) is 5.82 Å². The van der Waals surface area contributed by atoms with Crippen molar-refractivity contribution in [2.24, 2.45) is 0 Å². The maximum atomic E-state index is 12.9. The molecule has 1 aromatic carbocycles. The topological polar surface area (TPSA) is 80.3 Å². The molecule has 31 heavy (non-hydrogen) atoms. The second-order valence-electron chi connectivity index (χ2n) is 7.84. The van der Waals surface area contributed by atoms with Crippen LogP contribution in [0.2, 0.25) is 0 Å². The third-order valence-electron chi connectivity index (χ3n) is 5.84. The Morgan fingerprint density at radius 1 is 0.968 bits per heavy atom. The number of fused-ring (bicyclic) bond motifs is 1. The highest BCUT2D eigenvalue weighted by atomic mass is 16.3. The van der Waals surface area contributed by atoms with Gasteiger partial charge in [0, 0.05) is 43.3 Å². The molecule has 8 heteroatoms. The lowest BCUT2D eigenvalue weighted by Crippen LogP contribution is -2.49. The van der Waals surface area contributed by atoms with E-state index in [9.17, 15) is 4.79 Å². The Bertz CT molecular complexity index is 1230. The summed E-state index contributed by atoms with van der Waals surface area (Å²) in [5, 5.41) is 0.943. The van der Waals surface area contributed by atoms with Crippen molar-refractivity contribution in [1.82, 2.24) is 24.4 Å². The summed E-state index contributed by atoms with van der Waals surface area (Å²) in [4.78, 5) is 30.6. The fraction of sp³-hybridized carbons (Fsp3) is 0.304.